The van der Waals surface area contributed by atoms with E-state index in [2.05, 4.69) is 0 Å². The van der Waals surface area contributed by atoms with E-state index in [0.717, 1.165) is 6.07 Å². The number of nitrogens with zero attached hydrogens (tertiary/aromatic N) is 1. The van der Waals surface area contributed by atoms with Crippen molar-refractivity contribution in [1.82, 2.24) is 0 Å². The predicted octanol–water partition coefficient (Wildman–Crippen LogP) is 0.835. The number of benzene rings is 1. The van der Waals surface area contributed by atoms with Gasteiger partial charge in [0.15, 0.2) is 0 Å². The highest BCUT2D eigenvalue weighted by Crippen LogP contribution is 2.24. The Kier molecular flexibility index (Phi) is 4.03. The number of rotatable bonds is 5. The first-order chi connectivity index (χ1) is 7.97. The number of hydrogen-bond acceptors (Lipinski definition) is 3. The molecule has 5 nitrogen and oxygen atoms in total. The minimum atomic E-state index is -1.25. The lowest BCUT2D eigenvalue weighted by Gasteiger charge is -2.23. The van der Waals surface area contributed by atoms with Gasteiger partial charge in [-0.25, -0.2) is 9.18 Å². The van der Waals surface area contributed by atoms with Crippen LogP contribution in [0, 0.1) is 5.82 Å². The Hall–Kier alpha value is -2.11. The maximum atomic E-state index is 13.6. The molecule has 0 bridgehead atoms. The summed E-state index contributed by atoms with van der Waals surface area (Å²) in [5.74, 6) is -2.58. The second kappa shape index (κ2) is 5.29. The van der Waals surface area contributed by atoms with Crippen LogP contribution in [0.2, 0.25) is 0 Å². The number of halogens is 1. The zero-order chi connectivity index (χ0) is 13.0. The Labute approximate surface area is 97.6 Å². The van der Waals surface area contributed by atoms with E-state index < -0.39 is 17.7 Å². The van der Waals surface area contributed by atoms with Crippen molar-refractivity contribution in [3.05, 3.63) is 29.6 Å². The number of amides is 1. The standard InChI is InChI=1S/C11H13FN2O3/c1-2-14(6-9(13)15)10-7(11(16)17)4-3-5-8(10)12/h3-5H,2,6H2,1H3,(H2,13,15)(H,16,17). The average Bonchev–Trinajstić information content (AvgIpc) is 2.25. The first kappa shape index (κ1) is 13.0. The number of nitrogens with two attached hydrogens (primary N) is 1. The van der Waals surface area contributed by atoms with Crippen LogP contribution in [0.25, 0.3) is 0 Å². The molecule has 17 heavy (non-hydrogen) atoms. The molecule has 0 heterocycles. The summed E-state index contributed by atoms with van der Waals surface area (Å²) in [6.07, 6.45) is 0. The van der Waals surface area contributed by atoms with E-state index in [1.54, 1.807) is 6.92 Å². The molecule has 6 heteroatoms. The number of hydrogen-bond donors (Lipinski definition) is 2. The molecule has 0 atom stereocenters. The van der Waals surface area contributed by atoms with Crippen LogP contribution in [0.15, 0.2) is 18.2 Å². The summed E-state index contributed by atoms with van der Waals surface area (Å²) in [7, 11) is 0. The predicted molar refractivity (Wildman–Crippen MR) is 60.4 cm³/mol. The maximum absolute atomic E-state index is 13.6. The van der Waals surface area contributed by atoms with E-state index >= 15 is 0 Å². The largest absolute Gasteiger partial charge is 0.478 e. The Bertz CT molecular complexity index is 448. The summed E-state index contributed by atoms with van der Waals surface area (Å²) in [6.45, 7) is 1.74. The lowest BCUT2D eigenvalue weighted by Crippen LogP contribution is -2.35. The highest BCUT2D eigenvalue weighted by atomic mass is 19.1. The molecule has 1 aromatic carbocycles. The number of carboxylic acid groups (broad SMARTS) is 1. The van der Waals surface area contributed by atoms with Crippen molar-refractivity contribution in [3.63, 3.8) is 0 Å². The molecule has 0 aliphatic rings. The van der Waals surface area contributed by atoms with Crippen LogP contribution in [-0.2, 0) is 4.79 Å². The molecular weight excluding hydrogens is 227 g/mol. The smallest absolute Gasteiger partial charge is 0.337 e. The third-order valence-electron chi connectivity index (χ3n) is 2.26. The quantitative estimate of drug-likeness (QED) is 0.798. The molecule has 0 unspecified atom stereocenters. The number of likely N-dealkylation sites (N-methyl/N-ethyl adjacent to an activating group) is 1. The highest BCUT2D eigenvalue weighted by molar-refractivity contribution is 5.95. The lowest BCUT2D eigenvalue weighted by molar-refractivity contribution is -0.116. The van der Waals surface area contributed by atoms with Crippen molar-refractivity contribution in [2.45, 2.75) is 6.92 Å². The van der Waals surface area contributed by atoms with Gasteiger partial charge < -0.3 is 15.7 Å². The van der Waals surface area contributed by atoms with E-state index in [9.17, 15) is 14.0 Å². The van der Waals surface area contributed by atoms with Crippen molar-refractivity contribution in [2.75, 3.05) is 18.0 Å². The van der Waals surface area contributed by atoms with Crippen LogP contribution in [-0.4, -0.2) is 30.1 Å². The van der Waals surface area contributed by atoms with Gasteiger partial charge in [0.05, 0.1) is 17.8 Å². The molecule has 1 aromatic rings. The Morgan fingerprint density at radius 2 is 2.12 bits per heavy atom. The van der Waals surface area contributed by atoms with Gasteiger partial charge >= 0.3 is 5.97 Å². The second-order valence-electron chi connectivity index (χ2n) is 3.42. The Morgan fingerprint density at radius 1 is 1.47 bits per heavy atom. The van der Waals surface area contributed by atoms with Gasteiger partial charge in [0.25, 0.3) is 0 Å². The molecule has 0 radical (unpaired) electrons. The molecule has 0 aromatic heterocycles. The Morgan fingerprint density at radius 3 is 2.59 bits per heavy atom. The van der Waals surface area contributed by atoms with Crippen LogP contribution in [0.3, 0.4) is 0 Å². The van der Waals surface area contributed by atoms with Gasteiger partial charge in [0.1, 0.15) is 5.82 Å². The van der Waals surface area contributed by atoms with E-state index in [0.29, 0.717) is 0 Å². The molecule has 0 fully saturated rings. The summed E-state index contributed by atoms with van der Waals surface area (Å²) in [5, 5.41) is 8.96. The summed E-state index contributed by atoms with van der Waals surface area (Å²) in [6, 6.07) is 3.73. The van der Waals surface area contributed by atoms with Gasteiger partial charge in [-0.05, 0) is 19.1 Å². The molecule has 0 aliphatic heterocycles. The molecule has 1 amide bonds. The molecule has 0 saturated carbocycles. The minimum Gasteiger partial charge on any atom is -0.478 e. The maximum Gasteiger partial charge on any atom is 0.337 e. The fourth-order valence-corrected chi connectivity index (χ4v) is 1.55. The van der Waals surface area contributed by atoms with Crippen LogP contribution in [0.4, 0.5) is 10.1 Å². The summed E-state index contributed by atoms with van der Waals surface area (Å²) < 4.78 is 13.6. The number of primary amides is 1. The fraction of sp³-hybridized carbons (Fsp3) is 0.273. The number of aromatic carboxylic acids is 1. The SMILES string of the molecule is CCN(CC(N)=O)c1c(F)cccc1C(=O)O. The topological polar surface area (TPSA) is 83.6 Å². The Balaban J connectivity index is 3.25. The number of carbonyl (C=O) groups excluding carboxylic acids is 1. The van der Waals surface area contributed by atoms with Gasteiger partial charge in [-0.1, -0.05) is 6.07 Å². The zero-order valence-electron chi connectivity index (χ0n) is 9.31. The van der Waals surface area contributed by atoms with Crippen LogP contribution < -0.4 is 10.6 Å². The van der Waals surface area contributed by atoms with Crippen LogP contribution in [0.1, 0.15) is 17.3 Å². The van der Waals surface area contributed by atoms with Gasteiger partial charge in [-0.15, -0.1) is 0 Å². The van der Waals surface area contributed by atoms with Gasteiger partial charge in [-0.2, -0.15) is 0 Å². The number of carbonyl (C=O) groups is 2. The fourth-order valence-electron chi connectivity index (χ4n) is 1.55. The van der Waals surface area contributed by atoms with E-state index in [1.165, 1.54) is 17.0 Å². The number of carboxylic acids is 1. The average molecular weight is 240 g/mol. The third kappa shape index (κ3) is 2.93. The molecule has 92 valence electrons. The van der Waals surface area contributed by atoms with Crippen molar-refractivity contribution >= 4 is 17.6 Å². The summed E-state index contributed by atoms with van der Waals surface area (Å²) >= 11 is 0. The van der Waals surface area contributed by atoms with Gasteiger partial charge in [0, 0.05) is 6.54 Å². The first-order valence-electron chi connectivity index (χ1n) is 5.02. The molecule has 0 spiro atoms. The molecule has 0 saturated heterocycles. The van der Waals surface area contributed by atoms with E-state index in [4.69, 9.17) is 10.8 Å². The molecular formula is C11H13FN2O3. The van der Waals surface area contributed by atoms with Gasteiger partial charge in [0.2, 0.25) is 5.91 Å². The number of para-hydroxylation sites is 1. The lowest BCUT2D eigenvalue weighted by atomic mass is 10.1. The molecule has 1 rings (SSSR count). The monoisotopic (exact) mass is 240 g/mol. The molecule has 3 N–H and O–H groups in total. The van der Waals surface area contributed by atoms with Crippen molar-refractivity contribution in [2.24, 2.45) is 5.73 Å². The third-order valence-corrected chi connectivity index (χ3v) is 2.26. The van der Waals surface area contributed by atoms with E-state index in [1.807, 2.05) is 0 Å². The molecule has 0 aliphatic carbocycles. The van der Waals surface area contributed by atoms with Crippen molar-refractivity contribution < 1.29 is 19.1 Å². The van der Waals surface area contributed by atoms with Gasteiger partial charge in [-0.3, -0.25) is 4.79 Å². The van der Waals surface area contributed by atoms with Crippen molar-refractivity contribution in [3.8, 4) is 0 Å². The van der Waals surface area contributed by atoms with E-state index in [-0.39, 0.29) is 24.3 Å². The normalized spacial score (nSPS) is 10.0. The second-order valence-corrected chi connectivity index (χ2v) is 3.42. The van der Waals surface area contributed by atoms with Crippen LogP contribution >= 0.6 is 0 Å². The first-order valence-corrected chi connectivity index (χ1v) is 5.02. The van der Waals surface area contributed by atoms with Crippen molar-refractivity contribution in [1.29, 1.82) is 0 Å². The minimum absolute atomic E-state index is 0.110. The van der Waals surface area contributed by atoms with Crippen LogP contribution in [0.5, 0.6) is 0 Å². The zero-order valence-corrected chi connectivity index (χ0v) is 9.31. The highest BCUT2D eigenvalue weighted by Gasteiger charge is 2.20. The summed E-state index contributed by atoms with van der Waals surface area (Å²) in [5.41, 5.74) is 4.74. The number of anilines is 1. The summed E-state index contributed by atoms with van der Waals surface area (Å²) in [4.78, 5) is 23.1.